The van der Waals surface area contributed by atoms with Crippen molar-refractivity contribution in [2.24, 2.45) is 0 Å². The van der Waals surface area contributed by atoms with Crippen molar-refractivity contribution in [2.75, 3.05) is 12.4 Å². The molecule has 0 aliphatic rings. The topological polar surface area (TPSA) is 83.6 Å². The van der Waals surface area contributed by atoms with Gasteiger partial charge in [-0.15, -0.1) is 0 Å². The van der Waals surface area contributed by atoms with E-state index in [1.807, 2.05) is 7.05 Å². The minimum atomic E-state index is -0.175. The molecule has 0 saturated carbocycles. The molecule has 7 heteroatoms. The molecule has 100 valence electrons. The number of aromatic amines is 1. The fourth-order valence-electron chi connectivity index (χ4n) is 1.68. The number of anilines is 1. The number of nitrogens with one attached hydrogen (secondary N) is 2. The summed E-state index contributed by atoms with van der Waals surface area (Å²) in [4.78, 5) is 26.6. The highest BCUT2D eigenvalue weighted by atomic mass is 32.2. The summed E-state index contributed by atoms with van der Waals surface area (Å²) in [5, 5.41) is 4.38. The molecule has 0 aliphatic carbocycles. The van der Waals surface area contributed by atoms with Crippen LogP contribution in [0, 0.1) is 0 Å². The summed E-state index contributed by atoms with van der Waals surface area (Å²) in [6.07, 6.45) is 2.98. The van der Waals surface area contributed by atoms with Crippen molar-refractivity contribution in [1.82, 2.24) is 19.9 Å². The maximum absolute atomic E-state index is 11.3. The minimum Gasteiger partial charge on any atom is -0.373 e. The molecule has 19 heavy (non-hydrogen) atoms. The van der Waals surface area contributed by atoms with E-state index in [2.05, 4.69) is 39.1 Å². The Morgan fingerprint density at radius 3 is 2.74 bits per heavy atom. The SMILES string of the molecule is CNc1ncnc(Sc2nccc(=O)[nH]2)c1C(C)C. The van der Waals surface area contributed by atoms with Crippen molar-refractivity contribution >= 4 is 17.6 Å². The zero-order valence-corrected chi connectivity index (χ0v) is 11.8. The molecule has 0 aliphatic heterocycles. The van der Waals surface area contributed by atoms with Crippen LogP contribution in [0.1, 0.15) is 25.3 Å². The monoisotopic (exact) mass is 277 g/mol. The van der Waals surface area contributed by atoms with Crippen molar-refractivity contribution < 1.29 is 0 Å². The van der Waals surface area contributed by atoms with Gasteiger partial charge in [0.05, 0.1) is 0 Å². The summed E-state index contributed by atoms with van der Waals surface area (Å²) < 4.78 is 0. The molecule has 0 fully saturated rings. The molecular weight excluding hydrogens is 262 g/mol. The van der Waals surface area contributed by atoms with Crippen LogP contribution in [-0.4, -0.2) is 27.0 Å². The summed E-state index contributed by atoms with van der Waals surface area (Å²) in [7, 11) is 1.82. The Morgan fingerprint density at radius 1 is 1.32 bits per heavy atom. The van der Waals surface area contributed by atoms with Crippen molar-refractivity contribution in [3.63, 3.8) is 0 Å². The Labute approximate surface area is 115 Å². The highest BCUT2D eigenvalue weighted by Gasteiger charge is 2.15. The van der Waals surface area contributed by atoms with Crippen LogP contribution in [0.15, 0.2) is 33.6 Å². The molecule has 2 aromatic rings. The van der Waals surface area contributed by atoms with Gasteiger partial charge in [0.25, 0.3) is 5.56 Å². The first kappa shape index (κ1) is 13.5. The fourth-order valence-corrected chi connectivity index (χ4v) is 2.67. The van der Waals surface area contributed by atoms with E-state index in [1.165, 1.54) is 30.4 Å². The lowest BCUT2D eigenvalue weighted by molar-refractivity contribution is 0.803. The minimum absolute atomic E-state index is 0.175. The van der Waals surface area contributed by atoms with Crippen LogP contribution in [0.2, 0.25) is 0 Å². The predicted molar refractivity (Wildman–Crippen MR) is 74.6 cm³/mol. The van der Waals surface area contributed by atoms with E-state index in [0.717, 1.165) is 16.4 Å². The Kier molecular flexibility index (Phi) is 4.16. The fraction of sp³-hybridized carbons (Fsp3) is 0.333. The lowest BCUT2D eigenvalue weighted by Gasteiger charge is -2.14. The van der Waals surface area contributed by atoms with E-state index in [9.17, 15) is 4.79 Å². The van der Waals surface area contributed by atoms with Crippen LogP contribution in [0.3, 0.4) is 0 Å². The number of hydrogen-bond acceptors (Lipinski definition) is 6. The predicted octanol–water partition coefficient (Wildman–Crippen LogP) is 1.88. The van der Waals surface area contributed by atoms with Gasteiger partial charge in [0.15, 0.2) is 5.16 Å². The molecule has 0 aromatic carbocycles. The molecule has 0 radical (unpaired) electrons. The van der Waals surface area contributed by atoms with Crippen molar-refractivity contribution in [3.8, 4) is 0 Å². The maximum atomic E-state index is 11.3. The average Bonchev–Trinajstić information content (AvgIpc) is 2.38. The average molecular weight is 277 g/mol. The van der Waals surface area contributed by atoms with Gasteiger partial charge in [-0.05, 0) is 17.7 Å². The smallest absolute Gasteiger partial charge is 0.251 e. The lowest BCUT2D eigenvalue weighted by atomic mass is 10.1. The molecule has 2 aromatic heterocycles. The largest absolute Gasteiger partial charge is 0.373 e. The molecule has 0 unspecified atom stereocenters. The molecule has 0 spiro atoms. The Bertz CT molecular complexity index is 626. The van der Waals surface area contributed by atoms with E-state index < -0.39 is 0 Å². The van der Waals surface area contributed by atoms with E-state index in [1.54, 1.807) is 0 Å². The van der Waals surface area contributed by atoms with E-state index in [4.69, 9.17) is 0 Å². The summed E-state index contributed by atoms with van der Waals surface area (Å²) in [6.45, 7) is 4.15. The van der Waals surface area contributed by atoms with E-state index >= 15 is 0 Å². The summed E-state index contributed by atoms with van der Waals surface area (Å²) in [6, 6.07) is 1.38. The Hall–Kier alpha value is -1.89. The van der Waals surface area contributed by atoms with E-state index in [0.29, 0.717) is 5.16 Å². The highest BCUT2D eigenvalue weighted by molar-refractivity contribution is 7.99. The lowest BCUT2D eigenvalue weighted by Crippen LogP contribution is -2.07. The van der Waals surface area contributed by atoms with Gasteiger partial charge in [0.1, 0.15) is 17.2 Å². The van der Waals surface area contributed by atoms with Gasteiger partial charge in [0.2, 0.25) is 0 Å². The molecule has 0 atom stereocenters. The Morgan fingerprint density at radius 2 is 2.11 bits per heavy atom. The first-order chi connectivity index (χ1) is 9.11. The molecular formula is C12H15N5OS. The number of aromatic nitrogens is 4. The molecule has 0 bridgehead atoms. The molecule has 2 rings (SSSR count). The number of H-pyrrole nitrogens is 1. The van der Waals surface area contributed by atoms with Gasteiger partial charge in [-0.3, -0.25) is 4.79 Å². The standard InChI is InChI=1S/C12H15N5OS/c1-7(2)9-10(13-3)15-6-16-11(9)19-12-14-5-4-8(18)17-12/h4-7H,1-3H3,(H,13,15,16)(H,14,17,18). The van der Waals surface area contributed by atoms with E-state index in [-0.39, 0.29) is 11.5 Å². The van der Waals surface area contributed by atoms with Crippen molar-refractivity contribution in [3.05, 3.63) is 34.5 Å². The molecule has 0 saturated heterocycles. The van der Waals surface area contributed by atoms with Crippen molar-refractivity contribution in [1.29, 1.82) is 0 Å². The second-order valence-electron chi connectivity index (χ2n) is 4.19. The Balaban J connectivity index is 2.42. The van der Waals surface area contributed by atoms with Crippen LogP contribution >= 0.6 is 11.8 Å². The molecule has 6 nitrogen and oxygen atoms in total. The second-order valence-corrected chi connectivity index (χ2v) is 5.16. The summed E-state index contributed by atoms with van der Waals surface area (Å²) >= 11 is 1.33. The third-order valence-electron chi connectivity index (χ3n) is 2.50. The zero-order chi connectivity index (χ0) is 13.8. The third-order valence-corrected chi connectivity index (χ3v) is 3.42. The van der Waals surface area contributed by atoms with Crippen LogP contribution in [-0.2, 0) is 0 Å². The van der Waals surface area contributed by atoms with Gasteiger partial charge in [0, 0.05) is 24.9 Å². The van der Waals surface area contributed by atoms with Crippen molar-refractivity contribution in [2.45, 2.75) is 29.9 Å². The van der Waals surface area contributed by atoms with Gasteiger partial charge < -0.3 is 10.3 Å². The zero-order valence-electron chi connectivity index (χ0n) is 11.0. The summed E-state index contributed by atoms with van der Waals surface area (Å²) in [5.41, 5.74) is 0.841. The quantitative estimate of drug-likeness (QED) is 0.655. The van der Waals surface area contributed by atoms with Crippen LogP contribution in [0.25, 0.3) is 0 Å². The van der Waals surface area contributed by atoms with Crippen LogP contribution in [0.4, 0.5) is 5.82 Å². The number of nitrogens with zero attached hydrogens (tertiary/aromatic N) is 3. The normalized spacial score (nSPS) is 10.7. The molecule has 0 amide bonds. The first-order valence-electron chi connectivity index (χ1n) is 5.87. The van der Waals surface area contributed by atoms with Gasteiger partial charge >= 0.3 is 0 Å². The highest BCUT2D eigenvalue weighted by Crippen LogP contribution is 2.33. The van der Waals surface area contributed by atoms with Gasteiger partial charge in [-0.2, -0.15) is 0 Å². The van der Waals surface area contributed by atoms with Crippen LogP contribution < -0.4 is 10.9 Å². The third kappa shape index (κ3) is 3.11. The number of rotatable bonds is 4. The number of hydrogen-bond donors (Lipinski definition) is 2. The molecule has 2 N–H and O–H groups in total. The van der Waals surface area contributed by atoms with Gasteiger partial charge in [-0.25, -0.2) is 15.0 Å². The van der Waals surface area contributed by atoms with Crippen LogP contribution in [0.5, 0.6) is 0 Å². The summed E-state index contributed by atoms with van der Waals surface area (Å²) in [5.74, 6) is 1.06. The first-order valence-corrected chi connectivity index (χ1v) is 6.69. The second kappa shape index (κ2) is 5.83. The van der Waals surface area contributed by atoms with Gasteiger partial charge in [-0.1, -0.05) is 13.8 Å². The maximum Gasteiger partial charge on any atom is 0.251 e. The molecule has 2 heterocycles.